The predicted molar refractivity (Wildman–Crippen MR) is 107 cm³/mol. The Bertz CT molecular complexity index is 1260. The first kappa shape index (κ1) is 21.5. The molecule has 0 amide bonds. The van der Waals surface area contributed by atoms with Gasteiger partial charge in [0.15, 0.2) is 34.6 Å². The van der Waals surface area contributed by atoms with Crippen molar-refractivity contribution >= 4 is 22.4 Å². The van der Waals surface area contributed by atoms with Crippen molar-refractivity contribution in [3.63, 3.8) is 0 Å². The molecule has 0 saturated carbocycles. The Hall–Kier alpha value is -3.70. The molecule has 0 saturated heterocycles. The highest BCUT2D eigenvalue weighted by molar-refractivity contribution is 5.91. The third-order valence-corrected chi connectivity index (χ3v) is 4.75. The van der Waals surface area contributed by atoms with Crippen LogP contribution in [0.1, 0.15) is 0 Å². The van der Waals surface area contributed by atoms with Crippen LogP contribution < -0.4 is 9.64 Å². The molecule has 0 atom stereocenters. The summed E-state index contributed by atoms with van der Waals surface area (Å²) in [7, 11) is 0. The number of aliphatic hydroxyl groups is 2. The van der Waals surface area contributed by atoms with Gasteiger partial charge in [-0.25, -0.2) is 22.5 Å². The number of fused-ring (bicyclic) bond motifs is 1. The average Bonchev–Trinajstić information content (AvgIpc) is 3.26. The first-order chi connectivity index (χ1) is 15.4. The monoisotopic (exact) mass is 448 g/mol. The van der Waals surface area contributed by atoms with Crippen LogP contribution in [0.2, 0.25) is 0 Å². The maximum Gasteiger partial charge on any atom is 0.168 e. The summed E-state index contributed by atoms with van der Waals surface area (Å²) in [5.41, 5.74) is 0.333. The van der Waals surface area contributed by atoms with E-state index in [1.165, 1.54) is 23.4 Å². The Labute approximate surface area is 178 Å². The number of aromatic amines is 1. The molecule has 7 nitrogen and oxygen atoms in total. The fourth-order valence-corrected chi connectivity index (χ4v) is 3.25. The molecule has 11 heteroatoms. The molecule has 2 aromatic carbocycles. The topological polar surface area (TPSA) is 94.5 Å². The van der Waals surface area contributed by atoms with Crippen molar-refractivity contribution in [1.29, 1.82) is 0 Å². The lowest BCUT2D eigenvalue weighted by molar-refractivity contribution is 0.193. The van der Waals surface area contributed by atoms with Crippen molar-refractivity contribution < 1.29 is 32.5 Å². The van der Waals surface area contributed by atoms with Crippen LogP contribution in [0, 0.1) is 23.3 Å². The van der Waals surface area contributed by atoms with Gasteiger partial charge in [0.1, 0.15) is 5.82 Å². The van der Waals surface area contributed by atoms with Gasteiger partial charge < -0.3 is 19.8 Å². The minimum Gasteiger partial charge on any atom is -0.451 e. The molecule has 0 aliphatic heterocycles. The maximum absolute atomic E-state index is 15.1. The molecule has 32 heavy (non-hydrogen) atoms. The van der Waals surface area contributed by atoms with Crippen LogP contribution >= 0.6 is 0 Å². The molecule has 166 valence electrons. The number of H-pyrrole nitrogens is 1. The lowest BCUT2D eigenvalue weighted by Gasteiger charge is -2.32. The Kier molecular flexibility index (Phi) is 5.93. The molecule has 4 rings (SSSR count). The molecule has 2 aromatic heterocycles. The maximum atomic E-state index is 15.1. The molecule has 0 fully saturated rings. The Balaban J connectivity index is 1.80. The van der Waals surface area contributed by atoms with Crippen molar-refractivity contribution in [2.24, 2.45) is 0 Å². The molecular weight excluding hydrogens is 432 g/mol. The summed E-state index contributed by atoms with van der Waals surface area (Å²) < 4.78 is 62.0. The van der Waals surface area contributed by atoms with Gasteiger partial charge in [0.25, 0.3) is 0 Å². The molecule has 4 aromatic rings. The van der Waals surface area contributed by atoms with Crippen LogP contribution in [0.4, 0.5) is 28.9 Å². The number of nitrogens with one attached hydrogen (secondary N) is 1. The SMILES string of the molecule is OCC(CO)N(c1cc(F)c(Oc2ccc(F)cc2F)cc1F)c1ccnc2[nH]ncc12. The molecule has 3 N–H and O–H groups in total. The first-order valence-electron chi connectivity index (χ1n) is 9.34. The highest BCUT2D eigenvalue weighted by atomic mass is 19.1. The normalized spacial score (nSPS) is 11.3. The molecule has 0 aliphatic carbocycles. The Morgan fingerprint density at radius 3 is 2.38 bits per heavy atom. The van der Waals surface area contributed by atoms with Gasteiger partial charge in [-0.15, -0.1) is 0 Å². The third kappa shape index (κ3) is 3.95. The lowest BCUT2D eigenvalue weighted by atomic mass is 10.1. The zero-order chi connectivity index (χ0) is 22.8. The predicted octanol–water partition coefficient (Wildman–Crippen LogP) is 3.80. The molecule has 2 heterocycles. The highest BCUT2D eigenvalue weighted by Crippen LogP contribution is 2.38. The number of pyridine rings is 1. The van der Waals surface area contributed by atoms with Crippen LogP contribution in [-0.4, -0.2) is 44.7 Å². The second-order valence-corrected chi connectivity index (χ2v) is 6.76. The number of halogens is 4. The number of rotatable bonds is 7. The number of hydrogen-bond donors (Lipinski definition) is 3. The van der Waals surface area contributed by atoms with Crippen molar-refractivity contribution in [3.05, 3.63) is 72.1 Å². The van der Waals surface area contributed by atoms with Crippen LogP contribution in [0.15, 0.2) is 48.8 Å². The van der Waals surface area contributed by atoms with E-state index in [1.54, 1.807) is 0 Å². The minimum atomic E-state index is -1.09. The molecule has 0 bridgehead atoms. The highest BCUT2D eigenvalue weighted by Gasteiger charge is 2.27. The zero-order valence-corrected chi connectivity index (χ0v) is 16.3. The number of benzene rings is 2. The fourth-order valence-electron chi connectivity index (χ4n) is 3.25. The second-order valence-electron chi connectivity index (χ2n) is 6.76. The van der Waals surface area contributed by atoms with Gasteiger partial charge in [-0.1, -0.05) is 0 Å². The minimum absolute atomic E-state index is 0.299. The number of hydrogen-bond acceptors (Lipinski definition) is 6. The van der Waals surface area contributed by atoms with Gasteiger partial charge in [0.2, 0.25) is 0 Å². The van der Waals surface area contributed by atoms with Crippen LogP contribution in [0.5, 0.6) is 11.5 Å². The smallest absolute Gasteiger partial charge is 0.168 e. The largest absolute Gasteiger partial charge is 0.451 e. The number of ether oxygens (including phenoxy) is 1. The number of aromatic nitrogens is 3. The van der Waals surface area contributed by atoms with E-state index in [-0.39, 0.29) is 5.69 Å². The number of aliphatic hydroxyl groups excluding tert-OH is 2. The summed E-state index contributed by atoms with van der Waals surface area (Å²) in [6.07, 6.45) is 2.82. The van der Waals surface area contributed by atoms with E-state index in [0.29, 0.717) is 28.9 Å². The van der Waals surface area contributed by atoms with Crippen molar-refractivity contribution in [3.8, 4) is 11.5 Å². The van der Waals surface area contributed by atoms with Crippen molar-refractivity contribution in [2.45, 2.75) is 6.04 Å². The number of nitrogens with zero attached hydrogens (tertiary/aromatic N) is 3. The number of anilines is 2. The molecule has 0 radical (unpaired) electrons. The van der Waals surface area contributed by atoms with Gasteiger partial charge in [0.05, 0.1) is 42.2 Å². The summed E-state index contributed by atoms with van der Waals surface area (Å²) in [4.78, 5) is 5.29. The van der Waals surface area contributed by atoms with Crippen LogP contribution in [-0.2, 0) is 0 Å². The van der Waals surface area contributed by atoms with Gasteiger partial charge in [-0.05, 0) is 18.2 Å². The zero-order valence-electron chi connectivity index (χ0n) is 16.3. The lowest BCUT2D eigenvalue weighted by Crippen LogP contribution is -2.38. The third-order valence-electron chi connectivity index (χ3n) is 4.75. The average molecular weight is 448 g/mol. The van der Waals surface area contributed by atoms with E-state index in [4.69, 9.17) is 4.74 Å². The van der Waals surface area contributed by atoms with E-state index in [1.807, 2.05) is 0 Å². The standard InChI is InChI=1S/C21H16F4N4O3/c22-11-1-2-19(15(24)5-11)32-20-7-14(23)18(6-16(20)25)29(12(9-30)10-31)17-3-4-26-21-13(17)8-27-28-21/h1-8,12,30-31H,9-10H2,(H,26,27,28). The van der Waals surface area contributed by atoms with Gasteiger partial charge >= 0.3 is 0 Å². The fraction of sp³-hybridized carbons (Fsp3) is 0.143. The summed E-state index contributed by atoms with van der Waals surface area (Å²) in [6.45, 7) is -1.17. The summed E-state index contributed by atoms with van der Waals surface area (Å²) >= 11 is 0. The van der Waals surface area contributed by atoms with E-state index in [0.717, 1.165) is 18.2 Å². The van der Waals surface area contributed by atoms with Crippen LogP contribution in [0.3, 0.4) is 0 Å². The van der Waals surface area contributed by atoms with Gasteiger partial charge in [-0.2, -0.15) is 5.10 Å². The first-order valence-corrected chi connectivity index (χ1v) is 9.34. The Morgan fingerprint density at radius 1 is 0.906 bits per heavy atom. The second kappa shape index (κ2) is 8.81. The molecule has 0 spiro atoms. The quantitative estimate of drug-likeness (QED) is 0.373. The van der Waals surface area contributed by atoms with E-state index < -0.39 is 54.0 Å². The van der Waals surface area contributed by atoms with Gasteiger partial charge in [-0.3, -0.25) is 5.10 Å². The van der Waals surface area contributed by atoms with Crippen molar-refractivity contribution in [2.75, 3.05) is 18.1 Å². The Morgan fingerprint density at radius 2 is 1.66 bits per heavy atom. The van der Waals surface area contributed by atoms with Gasteiger partial charge in [0, 0.05) is 24.4 Å². The van der Waals surface area contributed by atoms with E-state index >= 15 is 4.39 Å². The molecular formula is C21H16F4N4O3. The summed E-state index contributed by atoms with van der Waals surface area (Å²) in [6, 6.07) is 4.35. The molecule has 0 unspecified atom stereocenters. The van der Waals surface area contributed by atoms with Crippen LogP contribution in [0.25, 0.3) is 11.0 Å². The molecule has 0 aliphatic rings. The van der Waals surface area contributed by atoms with E-state index in [2.05, 4.69) is 15.2 Å². The van der Waals surface area contributed by atoms with Crippen molar-refractivity contribution in [1.82, 2.24) is 15.2 Å². The van der Waals surface area contributed by atoms with E-state index in [9.17, 15) is 23.4 Å². The summed E-state index contributed by atoms with van der Waals surface area (Å²) in [5, 5.41) is 26.5. The summed E-state index contributed by atoms with van der Waals surface area (Å²) in [5.74, 6) is -5.10.